The number of rotatable bonds is 8. The van der Waals surface area contributed by atoms with Crippen LogP contribution in [0.5, 0.6) is 11.5 Å². The zero-order valence-corrected chi connectivity index (χ0v) is 15.6. The minimum absolute atomic E-state index is 0.341. The number of phenolic OH excluding ortho intramolecular Hbond substituents is 2. The fourth-order valence-electron chi connectivity index (χ4n) is 1.75. The fourth-order valence-corrected chi connectivity index (χ4v) is 5.61. The molecule has 0 fully saturated rings. The van der Waals surface area contributed by atoms with Gasteiger partial charge in [-0.25, -0.2) is 0 Å². The first-order valence-electron chi connectivity index (χ1n) is 6.75. The molecule has 1 aromatic rings. The van der Waals surface area contributed by atoms with E-state index in [4.69, 9.17) is 0 Å². The Kier molecular flexibility index (Phi) is 8.48. The highest BCUT2D eigenvalue weighted by Crippen LogP contribution is 2.53. The zero-order valence-electron chi connectivity index (χ0n) is 12.4. The van der Waals surface area contributed by atoms with Crippen LogP contribution < -0.4 is 0 Å². The first kappa shape index (κ1) is 18.3. The van der Waals surface area contributed by atoms with Crippen LogP contribution in [0.4, 0.5) is 0 Å². The van der Waals surface area contributed by atoms with Gasteiger partial charge in [-0.1, -0.05) is 27.7 Å². The van der Waals surface area contributed by atoms with Gasteiger partial charge in [-0.3, -0.25) is 0 Å². The number of thioether (sulfide) groups is 4. The molecule has 0 aliphatic rings. The number of phenols is 2. The Balaban J connectivity index is 3.50. The van der Waals surface area contributed by atoms with Crippen molar-refractivity contribution in [2.45, 2.75) is 47.3 Å². The number of hydrogen-bond donors (Lipinski definition) is 2. The molecule has 0 spiro atoms. The molecule has 114 valence electrons. The van der Waals surface area contributed by atoms with Crippen molar-refractivity contribution in [3.05, 3.63) is 0 Å². The van der Waals surface area contributed by atoms with Gasteiger partial charge in [0, 0.05) is 0 Å². The van der Waals surface area contributed by atoms with Crippen molar-refractivity contribution in [3.63, 3.8) is 0 Å². The molecule has 0 aliphatic carbocycles. The SMILES string of the molecule is CCSc1c(O)c(SCC)c(SCC)c(O)c1SCC. The molecule has 0 saturated heterocycles. The largest absolute Gasteiger partial charge is 0.506 e. The van der Waals surface area contributed by atoms with Crippen LogP contribution in [0, 0.1) is 0 Å². The van der Waals surface area contributed by atoms with Crippen molar-refractivity contribution >= 4 is 47.0 Å². The van der Waals surface area contributed by atoms with Gasteiger partial charge in [0.25, 0.3) is 0 Å². The summed E-state index contributed by atoms with van der Waals surface area (Å²) in [5, 5.41) is 21.2. The van der Waals surface area contributed by atoms with Gasteiger partial charge in [0.05, 0.1) is 19.6 Å². The van der Waals surface area contributed by atoms with Gasteiger partial charge in [0.2, 0.25) is 0 Å². The number of benzene rings is 1. The van der Waals surface area contributed by atoms with E-state index in [1.807, 2.05) is 0 Å². The third-order valence-corrected chi connectivity index (χ3v) is 6.59. The Bertz CT molecular complexity index is 371. The summed E-state index contributed by atoms with van der Waals surface area (Å²) in [5.41, 5.74) is 0. The average molecular weight is 351 g/mol. The van der Waals surface area contributed by atoms with Gasteiger partial charge in [-0.2, -0.15) is 0 Å². The third kappa shape index (κ3) is 4.12. The molecule has 1 aromatic carbocycles. The maximum absolute atomic E-state index is 10.6. The van der Waals surface area contributed by atoms with E-state index in [1.54, 1.807) is 47.0 Å². The fraction of sp³-hybridized carbons (Fsp3) is 0.571. The van der Waals surface area contributed by atoms with Crippen molar-refractivity contribution in [1.82, 2.24) is 0 Å². The van der Waals surface area contributed by atoms with Crippen molar-refractivity contribution in [3.8, 4) is 11.5 Å². The highest BCUT2D eigenvalue weighted by Gasteiger charge is 2.23. The smallest absolute Gasteiger partial charge is 0.145 e. The molecule has 0 bridgehead atoms. The lowest BCUT2D eigenvalue weighted by molar-refractivity contribution is 0.410. The lowest BCUT2D eigenvalue weighted by atomic mass is 10.3. The minimum atomic E-state index is 0.341. The van der Waals surface area contributed by atoms with E-state index in [1.165, 1.54) is 0 Å². The summed E-state index contributed by atoms with van der Waals surface area (Å²) in [6, 6.07) is 0. The molecular formula is C14H22O2S4. The second kappa shape index (κ2) is 9.28. The summed E-state index contributed by atoms with van der Waals surface area (Å²) in [5.74, 6) is 4.19. The zero-order chi connectivity index (χ0) is 15.1. The Labute approximate surface area is 138 Å². The first-order valence-corrected chi connectivity index (χ1v) is 10.7. The van der Waals surface area contributed by atoms with Crippen LogP contribution in [-0.2, 0) is 0 Å². The normalized spacial score (nSPS) is 11.0. The highest BCUT2D eigenvalue weighted by atomic mass is 32.2. The molecule has 0 aliphatic heterocycles. The van der Waals surface area contributed by atoms with Gasteiger partial charge in [0.1, 0.15) is 11.5 Å². The monoisotopic (exact) mass is 350 g/mol. The molecule has 6 heteroatoms. The summed E-state index contributed by atoms with van der Waals surface area (Å²) in [7, 11) is 0. The minimum Gasteiger partial charge on any atom is -0.506 e. The summed E-state index contributed by atoms with van der Waals surface area (Å²) in [6.45, 7) is 8.23. The maximum Gasteiger partial charge on any atom is 0.145 e. The van der Waals surface area contributed by atoms with Crippen molar-refractivity contribution in [2.75, 3.05) is 23.0 Å². The lowest BCUT2D eigenvalue weighted by Gasteiger charge is -2.19. The Morgan fingerprint density at radius 1 is 0.550 bits per heavy atom. The summed E-state index contributed by atoms with van der Waals surface area (Å²) in [6.07, 6.45) is 0. The molecule has 0 saturated carbocycles. The van der Waals surface area contributed by atoms with Crippen LogP contribution in [-0.4, -0.2) is 33.2 Å². The number of aromatic hydroxyl groups is 2. The van der Waals surface area contributed by atoms with Gasteiger partial charge in [0.15, 0.2) is 0 Å². The third-order valence-electron chi connectivity index (χ3n) is 2.43. The molecule has 0 aromatic heterocycles. The molecule has 0 unspecified atom stereocenters. The molecular weight excluding hydrogens is 328 g/mol. The first-order chi connectivity index (χ1) is 9.62. The Morgan fingerprint density at radius 3 is 0.900 bits per heavy atom. The van der Waals surface area contributed by atoms with E-state index in [2.05, 4.69) is 27.7 Å². The van der Waals surface area contributed by atoms with Crippen LogP contribution in [0.1, 0.15) is 27.7 Å². The molecule has 0 heterocycles. The van der Waals surface area contributed by atoms with Gasteiger partial charge < -0.3 is 10.2 Å². The number of hydrogen-bond acceptors (Lipinski definition) is 6. The van der Waals surface area contributed by atoms with Crippen LogP contribution in [0.25, 0.3) is 0 Å². The molecule has 1 rings (SSSR count). The Morgan fingerprint density at radius 2 is 0.750 bits per heavy atom. The maximum atomic E-state index is 10.6. The standard InChI is InChI=1S/C14H22O2S4/c1-5-17-11-9(15)13(19-7-3)14(20-8-4)10(16)12(11)18-6-2/h15-16H,5-8H2,1-4H3. The Hall–Kier alpha value is 0.220. The van der Waals surface area contributed by atoms with Gasteiger partial charge >= 0.3 is 0 Å². The predicted octanol–water partition coefficient (Wildman–Crippen LogP) is 5.55. The van der Waals surface area contributed by atoms with Crippen LogP contribution in [0.15, 0.2) is 19.6 Å². The van der Waals surface area contributed by atoms with E-state index >= 15 is 0 Å². The average Bonchev–Trinajstić information content (AvgIpc) is 2.44. The van der Waals surface area contributed by atoms with Crippen LogP contribution in [0.2, 0.25) is 0 Å². The summed E-state index contributed by atoms with van der Waals surface area (Å²) >= 11 is 6.38. The van der Waals surface area contributed by atoms with E-state index in [9.17, 15) is 10.2 Å². The molecule has 2 N–H and O–H groups in total. The van der Waals surface area contributed by atoms with Crippen molar-refractivity contribution in [2.24, 2.45) is 0 Å². The van der Waals surface area contributed by atoms with Crippen LogP contribution in [0.3, 0.4) is 0 Å². The topological polar surface area (TPSA) is 40.5 Å². The molecule has 0 amide bonds. The second-order valence-electron chi connectivity index (χ2n) is 3.75. The second-order valence-corrected chi connectivity index (χ2v) is 8.84. The molecule has 20 heavy (non-hydrogen) atoms. The van der Waals surface area contributed by atoms with E-state index in [0.717, 1.165) is 42.6 Å². The highest BCUT2D eigenvalue weighted by molar-refractivity contribution is 8.03. The van der Waals surface area contributed by atoms with Gasteiger partial charge in [-0.15, -0.1) is 47.0 Å². The summed E-state index contributed by atoms with van der Waals surface area (Å²) < 4.78 is 0. The van der Waals surface area contributed by atoms with Crippen LogP contribution >= 0.6 is 47.0 Å². The van der Waals surface area contributed by atoms with E-state index < -0.39 is 0 Å². The molecule has 0 radical (unpaired) electrons. The van der Waals surface area contributed by atoms with Crippen molar-refractivity contribution < 1.29 is 10.2 Å². The predicted molar refractivity (Wildman–Crippen MR) is 95.4 cm³/mol. The molecule has 0 atom stereocenters. The van der Waals surface area contributed by atoms with Crippen molar-refractivity contribution in [1.29, 1.82) is 0 Å². The quantitative estimate of drug-likeness (QED) is 0.473. The van der Waals surface area contributed by atoms with Gasteiger partial charge in [-0.05, 0) is 23.0 Å². The van der Waals surface area contributed by atoms with E-state index in [-0.39, 0.29) is 0 Å². The molecule has 2 nitrogen and oxygen atoms in total. The summed E-state index contributed by atoms with van der Waals surface area (Å²) in [4.78, 5) is 3.31. The lowest BCUT2D eigenvalue weighted by Crippen LogP contribution is -1.92. The van der Waals surface area contributed by atoms with E-state index in [0.29, 0.717) is 11.5 Å².